The lowest BCUT2D eigenvalue weighted by atomic mass is 9.91. The highest BCUT2D eigenvalue weighted by Crippen LogP contribution is 2.34. The molecule has 0 spiro atoms. The Balaban J connectivity index is 1.54. The van der Waals surface area contributed by atoms with Gasteiger partial charge in [0.2, 0.25) is 0 Å². The van der Waals surface area contributed by atoms with E-state index in [1.54, 1.807) is 0 Å². The molecule has 0 bridgehead atoms. The van der Waals surface area contributed by atoms with Gasteiger partial charge in [-0.1, -0.05) is 26.7 Å². The molecule has 2 aliphatic carbocycles. The van der Waals surface area contributed by atoms with Crippen molar-refractivity contribution in [2.75, 3.05) is 6.54 Å². The minimum atomic E-state index is 0.679. The zero-order valence-electron chi connectivity index (χ0n) is 13.7. The Kier molecular flexibility index (Phi) is 4.99. The molecule has 21 heavy (non-hydrogen) atoms. The highest BCUT2D eigenvalue weighted by Gasteiger charge is 2.32. The molecule has 0 amide bonds. The SMILES string of the molecule is CCCNC1CCC(Cc2ccn(C3CCCC3)n2)C1C. The monoisotopic (exact) mass is 289 g/mol. The van der Waals surface area contributed by atoms with Crippen LogP contribution < -0.4 is 5.32 Å². The first-order valence-corrected chi connectivity index (χ1v) is 9.05. The van der Waals surface area contributed by atoms with Crippen LogP contribution in [-0.4, -0.2) is 22.4 Å². The van der Waals surface area contributed by atoms with E-state index >= 15 is 0 Å². The molecule has 2 saturated carbocycles. The number of rotatable bonds is 6. The van der Waals surface area contributed by atoms with Gasteiger partial charge in [-0.25, -0.2) is 0 Å². The van der Waals surface area contributed by atoms with Gasteiger partial charge in [-0.3, -0.25) is 4.68 Å². The Labute approximate surface area is 129 Å². The molecule has 0 aromatic carbocycles. The van der Waals surface area contributed by atoms with Crippen molar-refractivity contribution >= 4 is 0 Å². The van der Waals surface area contributed by atoms with Crippen molar-refractivity contribution < 1.29 is 0 Å². The number of nitrogens with one attached hydrogen (secondary N) is 1. The quantitative estimate of drug-likeness (QED) is 0.859. The van der Waals surface area contributed by atoms with Crippen LogP contribution in [0.25, 0.3) is 0 Å². The lowest BCUT2D eigenvalue weighted by Gasteiger charge is -2.21. The molecule has 1 N–H and O–H groups in total. The van der Waals surface area contributed by atoms with Gasteiger partial charge in [-0.05, 0) is 63.0 Å². The van der Waals surface area contributed by atoms with Gasteiger partial charge in [-0.15, -0.1) is 0 Å². The van der Waals surface area contributed by atoms with Crippen molar-refractivity contribution in [2.45, 2.75) is 77.3 Å². The van der Waals surface area contributed by atoms with E-state index in [9.17, 15) is 0 Å². The minimum Gasteiger partial charge on any atom is -0.314 e. The maximum Gasteiger partial charge on any atom is 0.0627 e. The van der Waals surface area contributed by atoms with E-state index in [4.69, 9.17) is 5.10 Å². The molecule has 1 heterocycles. The van der Waals surface area contributed by atoms with Gasteiger partial charge in [0.15, 0.2) is 0 Å². The molecule has 0 radical (unpaired) electrons. The number of nitrogens with zero attached hydrogens (tertiary/aromatic N) is 2. The van der Waals surface area contributed by atoms with Crippen LogP contribution in [0.5, 0.6) is 0 Å². The molecular weight excluding hydrogens is 258 g/mol. The lowest BCUT2D eigenvalue weighted by Crippen LogP contribution is -2.33. The third-order valence-corrected chi connectivity index (χ3v) is 5.72. The van der Waals surface area contributed by atoms with Crippen LogP contribution in [0.4, 0.5) is 0 Å². The summed E-state index contributed by atoms with van der Waals surface area (Å²) in [5.41, 5.74) is 1.31. The molecule has 3 rings (SSSR count). The zero-order chi connectivity index (χ0) is 14.7. The van der Waals surface area contributed by atoms with E-state index < -0.39 is 0 Å². The molecule has 1 aromatic rings. The van der Waals surface area contributed by atoms with Crippen LogP contribution in [0.1, 0.15) is 70.5 Å². The van der Waals surface area contributed by atoms with Crippen molar-refractivity contribution in [3.05, 3.63) is 18.0 Å². The molecule has 3 unspecified atom stereocenters. The summed E-state index contributed by atoms with van der Waals surface area (Å²) < 4.78 is 2.24. The van der Waals surface area contributed by atoms with Crippen LogP contribution >= 0.6 is 0 Å². The number of hydrogen-bond acceptors (Lipinski definition) is 2. The number of aromatic nitrogens is 2. The number of hydrogen-bond donors (Lipinski definition) is 1. The molecule has 1 aromatic heterocycles. The van der Waals surface area contributed by atoms with E-state index in [1.807, 2.05) is 0 Å². The van der Waals surface area contributed by atoms with E-state index in [-0.39, 0.29) is 0 Å². The normalized spacial score (nSPS) is 30.3. The molecule has 3 heteroatoms. The predicted octanol–water partition coefficient (Wildman–Crippen LogP) is 3.96. The van der Waals surface area contributed by atoms with Crippen LogP contribution in [-0.2, 0) is 6.42 Å². The Morgan fingerprint density at radius 1 is 1.24 bits per heavy atom. The third kappa shape index (κ3) is 3.50. The fourth-order valence-corrected chi connectivity index (χ4v) is 4.28. The first-order chi connectivity index (χ1) is 10.3. The molecular formula is C18H31N3. The second-order valence-corrected chi connectivity index (χ2v) is 7.19. The molecule has 118 valence electrons. The average molecular weight is 289 g/mol. The third-order valence-electron chi connectivity index (χ3n) is 5.72. The first-order valence-electron chi connectivity index (χ1n) is 9.05. The van der Waals surface area contributed by atoms with E-state index in [0.717, 1.165) is 24.4 Å². The summed E-state index contributed by atoms with van der Waals surface area (Å²) in [6.45, 7) is 5.84. The Hall–Kier alpha value is -0.830. The predicted molar refractivity (Wildman–Crippen MR) is 87.4 cm³/mol. The average Bonchev–Trinajstić information content (AvgIpc) is 3.20. The Morgan fingerprint density at radius 2 is 2.05 bits per heavy atom. The van der Waals surface area contributed by atoms with Crippen LogP contribution in [0.3, 0.4) is 0 Å². The zero-order valence-corrected chi connectivity index (χ0v) is 13.7. The largest absolute Gasteiger partial charge is 0.314 e. The van der Waals surface area contributed by atoms with Gasteiger partial charge < -0.3 is 5.32 Å². The van der Waals surface area contributed by atoms with Crippen molar-refractivity contribution in [1.29, 1.82) is 0 Å². The summed E-state index contributed by atoms with van der Waals surface area (Å²) in [5.74, 6) is 1.60. The van der Waals surface area contributed by atoms with Gasteiger partial charge in [-0.2, -0.15) is 5.10 Å². The molecule has 3 atom stereocenters. The van der Waals surface area contributed by atoms with Gasteiger partial charge in [0, 0.05) is 12.2 Å². The summed E-state index contributed by atoms with van der Waals surface area (Å²) in [6, 6.07) is 3.67. The fourth-order valence-electron chi connectivity index (χ4n) is 4.28. The topological polar surface area (TPSA) is 29.9 Å². The van der Waals surface area contributed by atoms with Gasteiger partial charge in [0.05, 0.1) is 11.7 Å². The maximum atomic E-state index is 4.87. The van der Waals surface area contributed by atoms with Gasteiger partial charge in [0.1, 0.15) is 0 Å². The summed E-state index contributed by atoms with van der Waals surface area (Å²) in [5, 5.41) is 8.59. The molecule has 2 aliphatic rings. The Bertz CT molecular complexity index is 433. The van der Waals surface area contributed by atoms with Crippen molar-refractivity contribution in [1.82, 2.24) is 15.1 Å². The summed E-state index contributed by atoms with van der Waals surface area (Å²) >= 11 is 0. The van der Waals surface area contributed by atoms with Crippen LogP contribution in [0, 0.1) is 11.8 Å². The fraction of sp³-hybridized carbons (Fsp3) is 0.833. The van der Waals surface area contributed by atoms with Crippen molar-refractivity contribution in [3.8, 4) is 0 Å². The minimum absolute atomic E-state index is 0.679. The lowest BCUT2D eigenvalue weighted by molar-refractivity contribution is 0.347. The Morgan fingerprint density at radius 3 is 2.81 bits per heavy atom. The van der Waals surface area contributed by atoms with Crippen molar-refractivity contribution in [2.24, 2.45) is 11.8 Å². The molecule has 2 fully saturated rings. The molecule has 0 saturated heterocycles. The van der Waals surface area contributed by atoms with Crippen LogP contribution in [0.15, 0.2) is 12.3 Å². The molecule has 3 nitrogen and oxygen atoms in total. The highest BCUT2D eigenvalue weighted by atomic mass is 15.3. The molecule has 0 aliphatic heterocycles. The smallest absolute Gasteiger partial charge is 0.0627 e. The highest BCUT2D eigenvalue weighted by molar-refractivity contribution is 5.04. The summed E-state index contributed by atoms with van der Waals surface area (Å²) in [7, 11) is 0. The second kappa shape index (κ2) is 6.95. The standard InChI is InChI=1S/C18H31N3/c1-3-11-19-18-9-8-15(14(18)2)13-16-10-12-21(20-16)17-6-4-5-7-17/h10,12,14-15,17-19H,3-9,11,13H2,1-2H3. The summed E-state index contributed by atoms with van der Waals surface area (Å²) in [6.07, 6.45) is 12.7. The van der Waals surface area contributed by atoms with E-state index in [2.05, 4.69) is 36.1 Å². The first kappa shape index (κ1) is 15.1. The maximum absolute atomic E-state index is 4.87. The van der Waals surface area contributed by atoms with Gasteiger partial charge >= 0.3 is 0 Å². The van der Waals surface area contributed by atoms with E-state index in [0.29, 0.717) is 6.04 Å². The van der Waals surface area contributed by atoms with E-state index in [1.165, 1.54) is 57.1 Å². The van der Waals surface area contributed by atoms with Crippen molar-refractivity contribution in [3.63, 3.8) is 0 Å². The second-order valence-electron chi connectivity index (χ2n) is 7.19. The van der Waals surface area contributed by atoms with Crippen LogP contribution in [0.2, 0.25) is 0 Å². The summed E-state index contributed by atoms with van der Waals surface area (Å²) in [4.78, 5) is 0. The van der Waals surface area contributed by atoms with Gasteiger partial charge in [0.25, 0.3) is 0 Å².